The van der Waals surface area contributed by atoms with Gasteiger partial charge in [-0.05, 0) is 23.8 Å². The molecule has 2 aromatic heterocycles. The van der Waals surface area contributed by atoms with Gasteiger partial charge < -0.3 is 14.3 Å². The van der Waals surface area contributed by atoms with Crippen LogP contribution in [-0.4, -0.2) is 22.7 Å². The normalized spacial score (nSPS) is 22.8. The molecule has 0 spiro atoms. The summed E-state index contributed by atoms with van der Waals surface area (Å²) >= 11 is 1.46. The Hall–Kier alpha value is -1.66. The van der Waals surface area contributed by atoms with E-state index in [0.29, 0.717) is 18.3 Å². The zero-order valence-corrected chi connectivity index (χ0v) is 11.1. The van der Waals surface area contributed by atoms with Crippen molar-refractivity contribution in [2.75, 3.05) is 6.61 Å². The van der Waals surface area contributed by atoms with Gasteiger partial charge in [-0.2, -0.15) is 0 Å². The van der Waals surface area contributed by atoms with Crippen LogP contribution in [0.1, 0.15) is 35.7 Å². The standard InChI is InChI=1S/C13H13NO4S/c1-7-4-5-17-10(7)11-9(13(15)16)14-12(18-11)8-3-2-6-19-8/h2-3,6-7,10H,4-5H2,1H3,(H,15,16). The average Bonchev–Trinajstić information content (AvgIpc) is 3.07. The van der Waals surface area contributed by atoms with Crippen LogP contribution in [-0.2, 0) is 4.74 Å². The molecule has 2 aromatic rings. The number of aromatic nitrogens is 1. The Labute approximate surface area is 113 Å². The first-order valence-corrected chi connectivity index (χ1v) is 6.94. The fourth-order valence-electron chi connectivity index (χ4n) is 2.21. The number of aromatic carboxylic acids is 1. The summed E-state index contributed by atoms with van der Waals surface area (Å²) in [5.41, 5.74) is -0.0397. The van der Waals surface area contributed by atoms with E-state index in [-0.39, 0.29) is 17.7 Å². The van der Waals surface area contributed by atoms with E-state index in [9.17, 15) is 9.90 Å². The minimum absolute atomic E-state index is 0.0397. The second-order valence-corrected chi connectivity index (χ2v) is 5.52. The van der Waals surface area contributed by atoms with Crippen molar-refractivity contribution in [3.05, 3.63) is 29.0 Å². The number of thiophene rings is 1. The van der Waals surface area contributed by atoms with E-state index in [0.717, 1.165) is 11.3 Å². The maximum absolute atomic E-state index is 11.3. The van der Waals surface area contributed by atoms with E-state index in [1.54, 1.807) is 0 Å². The minimum atomic E-state index is -1.08. The number of hydrogen-bond donors (Lipinski definition) is 1. The van der Waals surface area contributed by atoms with Crippen LogP contribution in [0.15, 0.2) is 21.9 Å². The monoisotopic (exact) mass is 279 g/mol. The van der Waals surface area contributed by atoms with Crippen molar-refractivity contribution in [3.63, 3.8) is 0 Å². The van der Waals surface area contributed by atoms with Crippen LogP contribution in [0.4, 0.5) is 0 Å². The molecule has 2 atom stereocenters. The lowest BCUT2D eigenvalue weighted by Crippen LogP contribution is -2.09. The Kier molecular flexibility index (Phi) is 3.12. The second-order valence-electron chi connectivity index (χ2n) is 4.57. The maximum Gasteiger partial charge on any atom is 0.358 e. The van der Waals surface area contributed by atoms with Crippen molar-refractivity contribution in [2.24, 2.45) is 5.92 Å². The summed E-state index contributed by atoms with van der Waals surface area (Å²) < 4.78 is 11.2. The van der Waals surface area contributed by atoms with Crippen LogP contribution < -0.4 is 0 Å². The van der Waals surface area contributed by atoms with Gasteiger partial charge >= 0.3 is 5.97 Å². The highest BCUT2D eigenvalue weighted by atomic mass is 32.1. The largest absolute Gasteiger partial charge is 0.476 e. The van der Waals surface area contributed by atoms with Crippen LogP contribution in [0, 0.1) is 5.92 Å². The van der Waals surface area contributed by atoms with E-state index in [2.05, 4.69) is 4.98 Å². The van der Waals surface area contributed by atoms with Gasteiger partial charge in [0, 0.05) is 6.61 Å². The first-order valence-electron chi connectivity index (χ1n) is 6.06. The van der Waals surface area contributed by atoms with Crippen LogP contribution in [0.5, 0.6) is 0 Å². The summed E-state index contributed by atoms with van der Waals surface area (Å²) in [4.78, 5) is 16.2. The summed E-state index contributed by atoms with van der Waals surface area (Å²) in [6.07, 6.45) is 0.589. The van der Waals surface area contributed by atoms with Gasteiger partial charge in [0.15, 0.2) is 11.5 Å². The Balaban J connectivity index is 2.05. The van der Waals surface area contributed by atoms with Gasteiger partial charge in [0.05, 0.1) is 4.88 Å². The van der Waals surface area contributed by atoms with Gasteiger partial charge in [0.2, 0.25) is 5.89 Å². The van der Waals surface area contributed by atoms with E-state index < -0.39 is 5.97 Å². The number of carbonyl (C=O) groups is 1. The van der Waals surface area contributed by atoms with Crippen molar-refractivity contribution in [1.29, 1.82) is 0 Å². The van der Waals surface area contributed by atoms with Gasteiger partial charge in [-0.3, -0.25) is 0 Å². The molecule has 100 valence electrons. The number of carboxylic acids is 1. The summed E-state index contributed by atoms with van der Waals surface area (Å²) in [6.45, 7) is 2.65. The number of nitrogens with zero attached hydrogens (tertiary/aromatic N) is 1. The molecule has 3 heterocycles. The van der Waals surface area contributed by atoms with Gasteiger partial charge in [-0.15, -0.1) is 11.3 Å². The molecule has 19 heavy (non-hydrogen) atoms. The zero-order chi connectivity index (χ0) is 13.4. The highest BCUT2D eigenvalue weighted by Crippen LogP contribution is 2.38. The van der Waals surface area contributed by atoms with E-state index >= 15 is 0 Å². The summed E-state index contributed by atoms with van der Waals surface area (Å²) in [5.74, 6) is -0.155. The fourth-order valence-corrected chi connectivity index (χ4v) is 2.86. The van der Waals surface area contributed by atoms with Crippen molar-refractivity contribution in [2.45, 2.75) is 19.4 Å². The second kappa shape index (κ2) is 4.79. The Morgan fingerprint density at radius 1 is 1.58 bits per heavy atom. The zero-order valence-electron chi connectivity index (χ0n) is 10.3. The topological polar surface area (TPSA) is 72.6 Å². The van der Waals surface area contributed by atoms with Crippen LogP contribution in [0.3, 0.4) is 0 Å². The lowest BCUT2D eigenvalue weighted by Gasteiger charge is -2.11. The lowest BCUT2D eigenvalue weighted by molar-refractivity contribution is 0.0627. The van der Waals surface area contributed by atoms with E-state index in [1.807, 2.05) is 24.4 Å². The van der Waals surface area contributed by atoms with Crippen LogP contribution >= 0.6 is 11.3 Å². The number of ether oxygens (including phenoxy) is 1. The van der Waals surface area contributed by atoms with Crippen molar-refractivity contribution in [3.8, 4) is 10.8 Å². The molecular formula is C13H13NO4S. The number of carboxylic acid groups (broad SMARTS) is 1. The molecule has 0 aliphatic carbocycles. The molecule has 0 aromatic carbocycles. The molecule has 0 radical (unpaired) electrons. The fraction of sp³-hybridized carbons (Fsp3) is 0.385. The van der Waals surface area contributed by atoms with Crippen molar-refractivity contribution in [1.82, 2.24) is 4.98 Å². The van der Waals surface area contributed by atoms with Gasteiger partial charge in [0.25, 0.3) is 0 Å². The molecule has 1 N–H and O–H groups in total. The first kappa shape index (κ1) is 12.4. The molecule has 6 heteroatoms. The number of rotatable bonds is 3. The Bertz CT molecular complexity index is 590. The highest BCUT2D eigenvalue weighted by Gasteiger charge is 2.34. The summed E-state index contributed by atoms with van der Waals surface area (Å²) in [5, 5.41) is 11.1. The number of oxazole rings is 1. The molecule has 1 aliphatic heterocycles. The van der Waals surface area contributed by atoms with Gasteiger partial charge in [-0.1, -0.05) is 13.0 Å². The first-order chi connectivity index (χ1) is 9.16. The van der Waals surface area contributed by atoms with Gasteiger partial charge in [-0.25, -0.2) is 9.78 Å². The minimum Gasteiger partial charge on any atom is -0.476 e. The van der Waals surface area contributed by atoms with Gasteiger partial charge in [0.1, 0.15) is 6.10 Å². The smallest absolute Gasteiger partial charge is 0.358 e. The maximum atomic E-state index is 11.3. The molecule has 1 fully saturated rings. The molecule has 3 rings (SSSR count). The average molecular weight is 279 g/mol. The predicted molar refractivity (Wildman–Crippen MR) is 69.2 cm³/mol. The highest BCUT2D eigenvalue weighted by molar-refractivity contribution is 7.13. The Morgan fingerprint density at radius 2 is 2.42 bits per heavy atom. The van der Waals surface area contributed by atoms with Crippen LogP contribution in [0.25, 0.3) is 10.8 Å². The summed E-state index contributed by atoms with van der Waals surface area (Å²) in [6, 6.07) is 3.73. The molecule has 1 aliphatic rings. The third kappa shape index (κ3) is 2.17. The molecule has 5 nitrogen and oxygen atoms in total. The molecule has 1 saturated heterocycles. The van der Waals surface area contributed by atoms with E-state index in [1.165, 1.54) is 11.3 Å². The molecular weight excluding hydrogens is 266 g/mol. The third-order valence-electron chi connectivity index (χ3n) is 3.23. The third-order valence-corrected chi connectivity index (χ3v) is 4.09. The lowest BCUT2D eigenvalue weighted by atomic mass is 10.0. The van der Waals surface area contributed by atoms with Crippen molar-refractivity contribution >= 4 is 17.3 Å². The number of hydrogen-bond acceptors (Lipinski definition) is 5. The SMILES string of the molecule is CC1CCOC1c1oc(-c2cccs2)nc1C(=O)O. The summed E-state index contributed by atoms with van der Waals surface area (Å²) in [7, 11) is 0. The molecule has 0 bridgehead atoms. The van der Waals surface area contributed by atoms with E-state index in [4.69, 9.17) is 9.15 Å². The molecule has 0 saturated carbocycles. The predicted octanol–water partition coefficient (Wildman–Crippen LogP) is 3.20. The molecule has 0 amide bonds. The van der Waals surface area contributed by atoms with Crippen molar-refractivity contribution < 1.29 is 19.1 Å². The van der Waals surface area contributed by atoms with Crippen LogP contribution in [0.2, 0.25) is 0 Å². The quantitative estimate of drug-likeness (QED) is 0.934. The Morgan fingerprint density at radius 3 is 3.00 bits per heavy atom. The molecule has 2 unspecified atom stereocenters.